The summed E-state index contributed by atoms with van der Waals surface area (Å²) >= 11 is 5.97. The molecule has 0 aromatic heterocycles. The minimum Gasteiger partial charge on any atom is -0.211 e. The van der Waals surface area contributed by atoms with Crippen LogP contribution in [0.5, 0.6) is 0 Å². The van der Waals surface area contributed by atoms with Crippen molar-refractivity contribution in [3.63, 3.8) is 0 Å². The SMILES string of the molecule is CCC(C#N)S(=O)(=O)NC1CCCC1Cl. The molecule has 1 N–H and O–H groups in total. The van der Waals surface area contributed by atoms with Gasteiger partial charge in [0.1, 0.15) is 0 Å². The number of nitrogens with one attached hydrogen (secondary N) is 1. The average Bonchev–Trinajstić information content (AvgIpc) is 2.52. The Morgan fingerprint density at radius 1 is 1.60 bits per heavy atom. The third-order valence-corrected chi connectivity index (χ3v) is 4.98. The minimum atomic E-state index is -3.53. The van der Waals surface area contributed by atoms with Crippen LogP contribution in [0.15, 0.2) is 0 Å². The molecule has 0 saturated heterocycles. The number of alkyl halides is 1. The van der Waals surface area contributed by atoms with Crippen molar-refractivity contribution in [2.24, 2.45) is 0 Å². The third kappa shape index (κ3) is 3.07. The summed E-state index contributed by atoms with van der Waals surface area (Å²) in [5.41, 5.74) is 0. The molecule has 0 radical (unpaired) electrons. The maximum Gasteiger partial charge on any atom is 0.228 e. The van der Waals surface area contributed by atoms with E-state index in [1.807, 2.05) is 0 Å². The molecule has 1 aliphatic rings. The number of sulfonamides is 1. The second kappa shape index (κ2) is 5.15. The topological polar surface area (TPSA) is 70.0 Å². The average molecular weight is 251 g/mol. The van der Waals surface area contributed by atoms with Gasteiger partial charge in [0.2, 0.25) is 10.0 Å². The summed E-state index contributed by atoms with van der Waals surface area (Å²) in [6, 6.07) is 1.58. The van der Waals surface area contributed by atoms with Crippen LogP contribution in [0, 0.1) is 11.3 Å². The summed E-state index contributed by atoms with van der Waals surface area (Å²) in [6.07, 6.45) is 2.82. The molecule has 3 unspecified atom stereocenters. The number of halogens is 1. The van der Waals surface area contributed by atoms with E-state index in [2.05, 4.69) is 4.72 Å². The number of hydrogen-bond donors (Lipinski definition) is 1. The van der Waals surface area contributed by atoms with Crippen molar-refractivity contribution in [2.45, 2.75) is 49.3 Å². The Labute approximate surface area is 95.7 Å². The largest absolute Gasteiger partial charge is 0.228 e. The number of nitriles is 1. The van der Waals surface area contributed by atoms with Crippen molar-refractivity contribution in [1.29, 1.82) is 5.26 Å². The maximum atomic E-state index is 11.7. The van der Waals surface area contributed by atoms with Crippen molar-refractivity contribution in [3.05, 3.63) is 0 Å². The van der Waals surface area contributed by atoms with Crippen LogP contribution in [0.3, 0.4) is 0 Å². The molecule has 1 saturated carbocycles. The fourth-order valence-electron chi connectivity index (χ4n) is 1.72. The smallest absolute Gasteiger partial charge is 0.211 e. The lowest BCUT2D eigenvalue weighted by Gasteiger charge is -2.17. The van der Waals surface area contributed by atoms with E-state index >= 15 is 0 Å². The molecule has 86 valence electrons. The fraction of sp³-hybridized carbons (Fsp3) is 0.889. The first-order valence-corrected chi connectivity index (χ1v) is 7.04. The van der Waals surface area contributed by atoms with Gasteiger partial charge in [0, 0.05) is 11.4 Å². The highest BCUT2D eigenvalue weighted by atomic mass is 35.5. The highest BCUT2D eigenvalue weighted by Crippen LogP contribution is 2.25. The fourth-order valence-corrected chi connectivity index (χ4v) is 3.58. The van der Waals surface area contributed by atoms with Crippen molar-refractivity contribution < 1.29 is 8.42 Å². The lowest BCUT2D eigenvalue weighted by atomic mass is 10.3. The molecule has 3 atom stereocenters. The predicted molar refractivity (Wildman–Crippen MR) is 59.0 cm³/mol. The van der Waals surface area contributed by atoms with E-state index in [1.54, 1.807) is 13.0 Å². The van der Waals surface area contributed by atoms with Crippen molar-refractivity contribution in [2.75, 3.05) is 0 Å². The molecule has 1 aliphatic carbocycles. The summed E-state index contributed by atoms with van der Waals surface area (Å²) in [4.78, 5) is 0. The number of nitrogens with zero attached hydrogens (tertiary/aromatic N) is 1. The summed E-state index contributed by atoms with van der Waals surface area (Å²) in [6.45, 7) is 1.68. The molecule has 0 aromatic rings. The molecular weight excluding hydrogens is 236 g/mol. The zero-order valence-corrected chi connectivity index (χ0v) is 10.2. The van der Waals surface area contributed by atoms with Gasteiger partial charge in [-0.3, -0.25) is 0 Å². The molecule has 0 spiro atoms. The Hall–Kier alpha value is -0.310. The highest BCUT2D eigenvalue weighted by Gasteiger charge is 2.32. The van der Waals surface area contributed by atoms with Gasteiger partial charge in [-0.25, -0.2) is 13.1 Å². The lowest BCUT2D eigenvalue weighted by Crippen LogP contribution is -2.42. The molecule has 0 aliphatic heterocycles. The van der Waals surface area contributed by atoms with E-state index < -0.39 is 15.3 Å². The summed E-state index contributed by atoms with van der Waals surface area (Å²) in [5, 5.41) is 7.59. The van der Waals surface area contributed by atoms with Crippen LogP contribution in [0.1, 0.15) is 32.6 Å². The van der Waals surface area contributed by atoms with Gasteiger partial charge in [-0.05, 0) is 19.3 Å². The van der Waals surface area contributed by atoms with E-state index in [1.165, 1.54) is 0 Å². The van der Waals surface area contributed by atoms with E-state index in [-0.39, 0.29) is 11.4 Å². The number of rotatable bonds is 4. The highest BCUT2D eigenvalue weighted by molar-refractivity contribution is 7.90. The van der Waals surface area contributed by atoms with Gasteiger partial charge < -0.3 is 0 Å². The monoisotopic (exact) mass is 250 g/mol. The zero-order valence-electron chi connectivity index (χ0n) is 8.61. The van der Waals surface area contributed by atoms with Gasteiger partial charge in [0.05, 0.1) is 6.07 Å². The number of hydrogen-bond acceptors (Lipinski definition) is 3. The van der Waals surface area contributed by atoms with Crippen molar-refractivity contribution in [1.82, 2.24) is 4.72 Å². The van der Waals surface area contributed by atoms with Crippen LogP contribution < -0.4 is 4.72 Å². The molecule has 0 bridgehead atoms. The molecule has 1 rings (SSSR count). The summed E-state index contributed by atoms with van der Waals surface area (Å²) in [5.74, 6) is 0. The Morgan fingerprint density at radius 2 is 2.27 bits per heavy atom. The maximum absolute atomic E-state index is 11.7. The van der Waals surface area contributed by atoms with Crippen molar-refractivity contribution in [3.8, 4) is 6.07 Å². The molecule has 0 amide bonds. The van der Waals surface area contributed by atoms with Gasteiger partial charge in [0.25, 0.3) is 0 Å². The van der Waals surface area contributed by atoms with Crippen LogP contribution in [0.25, 0.3) is 0 Å². The molecular formula is C9H15ClN2O2S. The van der Waals surface area contributed by atoms with E-state index in [9.17, 15) is 8.42 Å². The quantitative estimate of drug-likeness (QED) is 0.766. The molecule has 4 nitrogen and oxygen atoms in total. The first kappa shape index (κ1) is 12.8. The molecule has 0 heterocycles. The Bertz CT molecular complexity index is 350. The molecule has 1 fully saturated rings. The molecule has 15 heavy (non-hydrogen) atoms. The van der Waals surface area contributed by atoms with E-state index in [0.29, 0.717) is 6.42 Å². The first-order valence-electron chi connectivity index (χ1n) is 5.06. The predicted octanol–water partition coefficient (Wildman–Crippen LogP) is 1.37. The normalized spacial score (nSPS) is 28.6. The van der Waals surface area contributed by atoms with Crippen LogP contribution in [-0.2, 0) is 10.0 Å². The third-order valence-electron chi connectivity index (χ3n) is 2.64. The van der Waals surface area contributed by atoms with Gasteiger partial charge in [-0.1, -0.05) is 13.3 Å². The Morgan fingerprint density at radius 3 is 2.67 bits per heavy atom. The molecule has 6 heteroatoms. The van der Waals surface area contributed by atoms with Crippen LogP contribution in [0.2, 0.25) is 0 Å². The van der Waals surface area contributed by atoms with E-state index in [4.69, 9.17) is 16.9 Å². The van der Waals surface area contributed by atoms with Gasteiger partial charge in [-0.2, -0.15) is 5.26 Å². The van der Waals surface area contributed by atoms with Crippen LogP contribution in [0.4, 0.5) is 0 Å². The van der Waals surface area contributed by atoms with Crippen LogP contribution >= 0.6 is 11.6 Å². The second-order valence-electron chi connectivity index (χ2n) is 3.74. The van der Waals surface area contributed by atoms with Gasteiger partial charge in [0.15, 0.2) is 5.25 Å². The second-order valence-corrected chi connectivity index (χ2v) is 6.20. The summed E-state index contributed by atoms with van der Waals surface area (Å²) < 4.78 is 25.9. The lowest BCUT2D eigenvalue weighted by molar-refractivity contribution is 0.546. The zero-order chi connectivity index (χ0) is 11.5. The van der Waals surface area contributed by atoms with Gasteiger partial charge >= 0.3 is 0 Å². The van der Waals surface area contributed by atoms with E-state index in [0.717, 1.165) is 19.3 Å². The van der Waals surface area contributed by atoms with Crippen LogP contribution in [-0.4, -0.2) is 25.1 Å². The summed E-state index contributed by atoms with van der Waals surface area (Å²) in [7, 11) is -3.53. The first-order chi connectivity index (χ1) is 7.01. The Kier molecular flexibility index (Phi) is 4.38. The van der Waals surface area contributed by atoms with Crippen molar-refractivity contribution >= 4 is 21.6 Å². The Balaban J connectivity index is 2.68. The molecule has 0 aromatic carbocycles. The standard InChI is InChI=1S/C9H15ClN2O2S/c1-2-7(6-11)15(13,14)12-9-5-3-4-8(9)10/h7-9,12H,2-5H2,1H3. The minimum absolute atomic E-state index is 0.143. The van der Waals surface area contributed by atoms with Gasteiger partial charge in [-0.15, -0.1) is 11.6 Å².